The van der Waals surface area contributed by atoms with Crippen molar-refractivity contribution in [2.75, 3.05) is 30.9 Å². The quantitative estimate of drug-likeness (QED) is 0.766. The summed E-state index contributed by atoms with van der Waals surface area (Å²) in [6.45, 7) is 11.9. The van der Waals surface area contributed by atoms with Crippen LogP contribution in [0, 0.1) is 6.92 Å². The van der Waals surface area contributed by atoms with Crippen LogP contribution in [0.1, 0.15) is 45.5 Å². The van der Waals surface area contributed by atoms with Crippen molar-refractivity contribution < 1.29 is 4.74 Å². The second kappa shape index (κ2) is 7.43. The molecule has 5 heteroatoms. The molecule has 2 N–H and O–H groups in total. The summed E-state index contributed by atoms with van der Waals surface area (Å²) in [7, 11) is 1.71. The maximum Gasteiger partial charge on any atom is 0.135 e. The maximum absolute atomic E-state index is 5.25. The Morgan fingerprint density at radius 2 is 1.80 bits per heavy atom. The summed E-state index contributed by atoms with van der Waals surface area (Å²) in [6.07, 6.45) is 1.92. The van der Waals surface area contributed by atoms with Crippen LogP contribution < -0.4 is 10.6 Å². The first kappa shape index (κ1) is 16.7. The van der Waals surface area contributed by atoms with Crippen LogP contribution in [0.25, 0.3) is 0 Å². The summed E-state index contributed by atoms with van der Waals surface area (Å²) >= 11 is 0. The second-order valence-electron chi connectivity index (χ2n) is 5.68. The van der Waals surface area contributed by atoms with Gasteiger partial charge in [0.1, 0.15) is 17.5 Å². The minimum absolute atomic E-state index is 0.166. The molecule has 0 amide bonds. The molecule has 0 saturated heterocycles. The average Bonchev–Trinajstić information content (AvgIpc) is 2.35. The van der Waals surface area contributed by atoms with Crippen molar-refractivity contribution in [3.05, 3.63) is 11.4 Å². The molecule has 20 heavy (non-hydrogen) atoms. The molecule has 1 rings (SSSR count). The van der Waals surface area contributed by atoms with Crippen LogP contribution in [0.3, 0.4) is 0 Å². The predicted octanol–water partition coefficient (Wildman–Crippen LogP) is 3.01. The van der Waals surface area contributed by atoms with Crippen LogP contribution in [0.5, 0.6) is 0 Å². The van der Waals surface area contributed by atoms with Crippen molar-refractivity contribution in [2.24, 2.45) is 0 Å². The predicted molar refractivity (Wildman–Crippen MR) is 84.5 cm³/mol. The van der Waals surface area contributed by atoms with Gasteiger partial charge >= 0.3 is 0 Å². The third kappa shape index (κ3) is 4.63. The van der Waals surface area contributed by atoms with E-state index in [1.54, 1.807) is 7.11 Å². The van der Waals surface area contributed by atoms with E-state index in [9.17, 15) is 0 Å². The lowest BCUT2D eigenvalue weighted by Crippen LogP contribution is -2.36. The number of methoxy groups -OCH3 is 1. The van der Waals surface area contributed by atoms with Gasteiger partial charge in [-0.3, -0.25) is 0 Å². The first-order chi connectivity index (χ1) is 9.43. The Labute approximate surface area is 122 Å². The van der Waals surface area contributed by atoms with E-state index in [0.29, 0.717) is 6.61 Å². The Hall–Kier alpha value is -1.36. The average molecular weight is 280 g/mol. The minimum Gasteiger partial charge on any atom is -0.382 e. The zero-order valence-corrected chi connectivity index (χ0v) is 13.6. The van der Waals surface area contributed by atoms with Gasteiger partial charge in [-0.2, -0.15) is 0 Å². The van der Waals surface area contributed by atoms with E-state index in [0.717, 1.165) is 42.4 Å². The van der Waals surface area contributed by atoms with E-state index in [4.69, 9.17) is 4.74 Å². The lowest BCUT2D eigenvalue weighted by atomic mass is 10.1. The monoisotopic (exact) mass is 280 g/mol. The highest BCUT2D eigenvalue weighted by Gasteiger charge is 2.20. The van der Waals surface area contributed by atoms with E-state index in [2.05, 4.69) is 48.3 Å². The Bertz CT molecular complexity index is 432. The standard InChI is InChI=1S/C15H28N4O/c1-7-9-12-17-13(16-8-2)11(3)14(18-12)19-15(4,5)10-20-6/h7-10H2,1-6H3,(H2,16,17,18,19). The maximum atomic E-state index is 5.25. The van der Waals surface area contributed by atoms with Gasteiger partial charge in [-0.05, 0) is 34.1 Å². The smallest absolute Gasteiger partial charge is 0.135 e. The van der Waals surface area contributed by atoms with Crippen LogP contribution in [0.4, 0.5) is 11.6 Å². The van der Waals surface area contributed by atoms with Gasteiger partial charge < -0.3 is 15.4 Å². The van der Waals surface area contributed by atoms with Crippen molar-refractivity contribution in [1.82, 2.24) is 9.97 Å². The lowest BCUT2D eigenvalue weighted by molar-refractivity contribution is 0.158. The van der Waals surface area contributed by atoms with Gasteiger partial charge in [0.2, 0.25) is 0 Å². The molecule has 5 nitrogen and oxygen atoms in total. The molecule has 0 bridgehead atoms. The first-order valence-corrected chi connectivity index (χ1v) is 7.32. The van der Waals surface area contributed by atoms with Crippen molar-refractivity contribution >= 4 is 11.6 Å². The number of nitrogens with zero attached hydrogens (tertiary/aromatic N) is 2. The Morgan fingerprint density at radius 1 is 1.15 bits per heavy atom. The fraction of sp³-hybridized carbons (Fsp3) is 0.733. The van der Waals surface area contributed by atoms with Crippen LogP contribution >= 0.6 is 0 Å². The molecule has 0 aromatic carbocycles. The minimum atomic E-state index is -0.166. The highest BCUT2D eigenvalue weighted by atomic mass is 16.5. The molecule has 0 atom stereocenters. The number of hydrogen-bond acceptors (Lipinski definition) is 5. The summed E-state index contributed by atoms with van der Waals surface area (Å²) in [5.41, 5.74) is 0.886. The summed E-state index contributed by atoms with van der Waals surface area (Å²) < 4.78 is 5.25. The second-order valence-corrected chi connectivity index (χ2v) is 5.68. The summed E-state index contributed by atoms with van der Waals surface area (Å²) in [5.74, 6) is 2.69. The number of hydrogen-bond donors (Lipinski definition) is 2. The highest BCUT2D eigenvalue weighted by molar-refractivity contribution is 5.58. The van der Waals surface area contributed by atoms with Crippen LogP contribution in [-0.4, -0.2) is 35.8 Å². The molecule has 0 unspecified atom stereocenters. The summed E-state index contributed by atoms with van der Waals surface area (Å²) in [5, 5.41) is 6.78. The topological polar surface area (TPSA) is 59.1 Å². The number of ether oxygens (including phenoxy) is 1. The SMILES string of the molecule is CCCc1nc(NCC)c(C)c(NC(C)(C)COC)n1. The summed E-state index contributed by atoms with van der Waals surface area (Å²) in [4.78, 5) is 9.25. The Morgan fingerprint density at radius 3 is 2.35 bits per heavy atom. The van der Waals surface area contributed by atoms with Crippen molar-refractivity contribution in [2.45, 2.75) is 53.0 Å². The molecule has 1 heterocycles. The summed E-state index contributed by atoms with van der Waals surface area (Å²) in [6, 6.07) is 0. The van der Waals surface area contributed by atoms with Crippen LogP contribution in [0.15, 0.2) is 0 Å². The molecule has 0 saturated carbocycles. The molecular weight excluding hydrogens is 252 g/mol. The van der Waals surface area contributed by atoms with Gasteiger partial charge in [0.05, 0.1) is 12.1 Å². The van der Waals surface area contributed by atoms with E-state index < -0.39 is 0 Å². The van der Waals surface area contributed by atoms with E-state index in [1.165, 1.54) is 0 Å². The van der Waals surface area contributed by atoms with Gasteiger partial charge in [-0.25, -0.2) is 9.97 Å². The third-order valence-corrected chi connectivity index (χ3v) is 2.97. The molecule has 114 valence electrons. The number of nitrogens with one attached hydrogen (secondary N) is 2. The normalized spacial score (nSPS) is 11.5. The molecule has 0 spiro atoms. The van der Waals surface area contributed by atoms with Gasteiger partial charge in [-0.1, -0.05) is 6.92 Å². The van der Waals surface area contributed by atoms with Crippen molar-refractivity contribution in [3.63, 3.8) is 0 Å². The zero-order valence-electron chi connectivity index (χ0n) is 13.6. The molecule has 1 aromatic heterocycles. The number of anilines is 2. The van der Waals surface area contributed by atoms with Gasteiger partial charge in [0.25, 0.3) is 0 Å². The van der Waals surface area contributed by atoms with Crippen LogP contribution in [0.2, 0.25) is 0 Å². The number of aryl methyl sites for hydroxylation is 1. The zero-order chi connectivity index (χ0) is 15.2. The first-order valence-electron chi connectivity index (χ1n) is 7.32. The lowest BCUT2D eigenvalue weighted by Gasteiger charge is -2.27. The van der Waals surface area contributed by atoms with E-state index in [-0.39, 0.29) is 5.54 Å². The molecular formula is C15H28N4O. The van der Waals surface area contributed by atoms with Gasteiger partial charge in [0, 0.05) is 25.6 Å². The molecule has 0 aliphatic rings. The third-order valence-electron chi connectivity index (χ3n) is 2.97. The largest absolute Gasteiger partial charge is 0.382 e. The van der Waals surface area contributed by atoms with E-state index >= 15 is 0 Å². The Kier molecular flexibility index (Phi) is 6.20. The molecule has 0 aliphatic carbocycles. The van der Waals surface area contributed by atoms with Crippen molar-refractivity contribution in [3.8, 4) is 0 Å². The van der Waals surface area contributed by atoms with Gasteiger partial charge in [0.15, 0.2) is 0 Å². The highest BCUT2D eigenvalue weighted by Crippen LogP contribution is 2.23. The van der Waals surface area contributed by atoms with Crippen molar-refractivity contribution in [1.29, 1.82) is 0 Å². The molecule has 0 aliphatic heterocycles. The van der Waals surface area contributed by atoms with E-state index in [1.807, 2.05) is 6.92 Å². The molecule has 1 aromatic rings. The number of rotatable bonds is 8. The fourth-order valence-electron chi connectivity index (χ4n) is 2.08. The molecule has 0 radical (unpaired) electrons. The Balaban J connectivity index is 3.09. The molecule has 0 fully saturated rings. The fourth-order valence-corrected chi connectivity index (χ4v) is 2.08. The number of aromatic nitrogens is 2. The van der Waals surface area contributed by atoms with Gasteiger partial charge in [-0.15, -0.1) is 0 Å². The van der Waals surface area contributed by atoms with Crippen LogP contribution in [-0.2, 0) is 11.2 Å².